The molecule has 0 spiro atoms. The average molecular weight is 426 g/mol. The Hall–Kier alpha value is -1.69. The number of hydrogen-bond acceptors (Lipinski definition) is 4. The number of ether oxygens (including phenoxy) is 2. The van der Waals surface area contributed by atoms with E-state index in [0.29, 0.717) is 36.3 Å². The largest absolute Gasteiger partial charge is 0.468 e. The van der Waals surface area contributed by atoms with E-state index >= 15 is 0 Å². The van der Waals surface area contributed by atoms with E-state index in [1.54, 1.807) is 18.2 Å². The first-order valence-corrected chi connectivity index (χ1v) is 9.98. The Morgan fingerprint density at radius 2 is 2.04 bits per heavy atom. The Labute approximate surface area is 174 Å². The van der Waals surface area contributed by atoms with E-state index in [4.69, 9.17) is 32.7 Å². The molecule has 1 aromatic carbocycles. The van der Waals surface area contributed by atoms with Crippen molar-refractivity contribution >= 4 is 29.2 Å². The van der Waals surface area contributed by atoms with Crippen LogP contribution >= 0.6 is 23.2 Å². The standard InChI is InChI=1S/C21H22Cl2FNO3/c1-3-4-7-28-15-11-21(12-15,20(26)27-2)14-9-18(25-19(23)10-14)13-5-6-17(24)16(22)8-13/h5-6,8-10,15H,3-4,7,11-12H2,1-2H3. The van der Waals surface area contributed by atoms with Gasteiger partial charge in [-0.25, -0.2) is 9.37 Å². The normalized spacial score (nSPS) is 21.2. The molecule has 4 nitrogen and oxygen atoms in total. The number of pyridine rings is 1. The Morgan fingerprint density at radius 3 is 2.68 bits per heavy atom. The van der Waals surface area contributed by atoms with E-state index in [1.807, 2.05) is 0 Å². The quantitative estimate of drug-likeness (QED) is 0.329. The van der Waals surface area contributed by atoms with Crippen LogP contribution in [0, 0.1) is 5.82 Å². The minimum Gasteiger partial charge on any atom is -0.468 e. The van der Waals surface area contributed by atoms with Crippen molar-refractivity contribution in [2.24, 2.45) is 0 Å². The van der Waals surface area contributed by atoms with Gasteiger partial charge < -0.3 is 9.47 Å². The molecule has 0 atom stereocenters. The van der Waals surface area contributed by atoms with E-state index in [9.17, 15) is 9.18 Å². The van der Waals surface area contributed by atoms with Crippen molar-refractivity contribution in [3.8, 4) is 11.3 Å². The molecule has 0 saturated heterocycles. The fourth-order valence-corrected chi connectivity index (χ4v) is 3.91. The lowest BCUT2D eigenvalue weighted by molar-refractivity contribution is -0.159. The van der Waals surface area contributed by atoms with E-state index in [2.05, 4.69) is 11.9 Å². The summed E-state index contributed by atoms with van der Waals surface area (Å²) in [6.07, 6.45) is 3.08. The van der Waals surface area contributed by atoms with Crippen molar-refractivity contribution in [1.29, 1.82) is 0 Å². The summed E-state index contributed by atoms with van der Waals surface area (Å²) < 4.78 is 24.4. The molecular formula is C21H22Cl2FNO3. The van der Waals surface area contributed by atoms with Crippen LogP contribution in [0.5, 0.6) is 0 Å². The number of halogens is 3. The molecule has 1 aliphatic carbocycles. The summed E-state index contributed by atoms with van der Waals surface area (Å²) in [5.74, 6) is -0.835. The van der Waals surface area contributed by atoms with Gasteiger partial charge in [-0.1, -0.05) is 36.5 Å². The van der Waals surface area contributed by atoms with E-state index in [0.717, 1.165) is 12.8 Å². The number of benzene rings is 1. The highest BCUT2D eigenvalue weighted by atomic mass is 35.5. The number of carbonyl (C=O) groups is 1. The highest BCUT2D eigenvalue weighted by molar-refractivity contribution is 6.31. The Bertz CT molecular complexity index is 869. The lowest BCUT2D eigenvalue weighted by Crippen LogP contribution is -2.52. The van der Waals surface area contributed by atoms with Gasteiger partial charge in [0.1, 0.15) is 11.0 Å². The maximum Gasteiger partial charge on any atom is 0.316 e. The first-order chi connectivity index (χ1) is 13.4. The van der Waals surface area contributed by atoms with Gasteiger partial charge >= 0.3 is 5.97 Å². The van der Waals surface area contributed by atoms with Gasteiger partial charge in [0.05, 0.1) is 29.3 Å². The summed E-state index contributed by atoms with van der Waals surface area (Å²) in [5, 5.41) is 0.239. The molecule has 0 N–H and O–H groups in total. The lowest BCUT2D eigenvalue weighted by atomic mass is 9.62. The Kier molecular flexibility index (Phi) is 6.58. The number of esters is 1. The van der Waals surface area contributed by atoms with E-state index in [-0.39, 0.29) is 22.2 Å². The summed E-state index contributed by atoms with van der Waals surface area (Å²) in [6.45, 7) is 2.78. The maximum atomic E-state index is 13.5. The zero-order valence-electron chi connectivity index (χ0n) is 15.8. The van der Waals surface area contributed by atoms with Crippen molar-refractivity contribution in [3.05, 3.63) is 51.9 Å². The van der Waals surface area contributed by atoms with Crippen LogP contribution in [0.1, 0.15) is 38.2 Å². The van der Waals surface area contributed by atoms with Gasteiger partial charge in [-0.2, -0.15) is 0 Å². The van der Waals surface area contributed by atoms with Crippen molar-refractivity contribution in [3.63, 3.8) is 0 Å². The zero-order chi connectivity index (χ0) is 20.3. The predicted octanol–water partition coefficient (Wildman–Crippen LogP) is 5.58. The van der Waals surface area contributed by atoms with Gasteiger partial charge in [0.2, 0.25) is 0 Å². The molecule has 1 saturated carbocycles. The van der Waals surface area contributed by atoms with Crippen LogP contribution in [0.2, 0.25) is 10.2 Å². The van der Waals surface area contributed by atoms with Gasteiger partial charge in [-0.3, -0.25) is 4.79 Å². The van der Waals surface area contributed by atoms with Gasteiger partial charge in [0, 0.05) is 12.2 Å². The number of hydrogen-bond donors (Lipinski definition) is 0. The number of carbonyl (C=O) groups excluding carboxylic acids is 1. The summed E-state index contributed by atoms with van der Waals surface area (Å²) >= 11 is 12.1. The molecule has 0 amide bonds. The minimum absolute atomic E-state index is 0.00121. The predicted molar refractivity (Wildman–Crippen MR) is 107 cm³/mol. The summed E-state index contributed by atoms with van der Waals surface area (Å²) in [4.78, 5) is 17.0. The second-order valence-electron chi connectivity index (χ2n) is 7.02. The van der Waals surface area contributed by atoms with Gasteiger partial charge in [-0.05, 0) is 55.2 Å². The topological polar surface area (TPSA) is 48.4 Å². The minimum atomic E-state index is -0.823. The van der Waals surface area contributed by atoms with Crippen molar-refractivity contribution in [2.45, 2.75) is 44.1 Å². The van der Waals surface area contributed by atoms with Gasteiger partial charge in [0.15, 0.2) is 0 Å². The maximum absolute atomic E-state index is 13.5. The number of rotatable bonds is 7. The monoisotopic (exact) mass is 425 g/mol. The van der Waals surface area contributed by atoms with E-state index < -0.39 is 11.2 Å². The number of unbranched alkanes of at least 4 members (excludes halogenated alkanes) is 1. The third kappa shape index (κ3) is 4.17. The smallest absolute Gasteiger partial charge is 0.316 e. The molecule has 150 valence electrons. The fourth-order valence-electron chi connectivity index (χ4n) is 3.52. The van der Waals surface area contributed by atoms with Crippen LogP contribution in [0.25, 0.3) is 11.3 Å². The van der Waals surface area contributed by atoms with E-state index in [1.165, 1.54) is 19.2 Å². The molecule has 28 heavy (non-hydrogen) atoms. The summed E-state index contributed by atoms with van der Waals surface area (Å²) in [7, 11) is 1.37. The van der Waals surface area contributed by atoms with Gasteiger partial charge in [0.25, 0.3) is 0 Å². The Balaban J connectivity index is 1.92. The molecule has 1 aromatic heterocycles. The van der Waals surface area contributed by atoms with Crippen LogP contribution < -0.4 is 0 Å². The number of methoxy groups -OCH3 is 1. The summed E-state index contributed by atoms with van der Waals surface area (Å²) in [5.41, 5.74) is 1.02. The first-order valence-electron chi connectivity index (χ1n) is 9.23. The zero-order valence-corrected chi connectivity index (χ0v) is 17.3. The number of aromatic nitrogens is 1. The van der Waals surface area contributed by atoms with Crippen LogP contribution in [-0.4, -0.2) is 30.8 Å². The molecule has 0 aliphatic heterocycles. The van der Waals surface area contributed by atoms with Gasteiger partial charge in [-0.15, -0.1) is 0 Å². The highest BCUT2D eigenvalue weighted by Crippen LogP contribution is 2.47. The van der Waals surface area contributed by atoms with Crippen LogP contribution in [-0.2, 0) is 19.7 Å². The molecular weight excluding hydrogens is 404 g/mol. The molecule has 0 unspecified atom stereocenters. The molecule has 1 heterocycles. The van der Waals surface area contributed by atoms with Crippen molar-refractivity contribution in [2.75, 3.05) is 13.7 Å². The average Bonchev–Trinajstić information content (AvgIpc) is 2.64. The summed E-state index contributed by atoms with van der Waals surface area (Å²) in [6, 6.07) is 7.80. The van der Waals surface area contributed by atoms with Crippen molar-refractivity contribution < 1.29 is 18.7 Å². The third-order valence-corrected chi connectivity index (χ3v) is 5.63. The second kappa shape index (κ2) is 8.76. The number of nitrogens with zero attached hydrogens (tertiary/aromatic N) is 1. The molecule has 3 rings (SSSR count). The van der Waals surface area contributed by atoms with Crippen LogP contribution in [0.3, 0.4) is 0 Å². The molecule has 2 aromatic rings. The molecule has 0 radical (unpaired) electrons. The SMILES string of the molecule is CCCCOC1CC(C(=O)OC)(c2cc(Cl)nc(-c3ccc(F)c(Cl)c3)c2)C1. The molecule has 0 bridgehead atoms. The van der Waals surface area contributed by atoms with Crippen LogP contribution in [0.15, 0.2) is 30.3 Å². The molecule has 1 aliphatic rings. The fraction of sp³-hybridized carbons (Fsp3) is 0.429. The third-order valence-electron chi connectivity index (χ3n) is 5.14. The lowest BCUT2D eigenvalue weighted by Gasteiger charge is -2.45. The second-order valence-corrected chi connectivity index (χ2v) is 7.82. The first kappa shape index (κ1) is 21.0. The molecule has 1 fully saturated rings. The highest BCUT2D eigenvalue weighted by Gasteiger charge is 2.53. The van der Waals surface area contributed by atoms with Crippen LogP contribution in [0.4, 0.5) is 4.39 Å². The molecule has 7 heteroatoms. The Morgan fingerprint density at radius 1 is 1.29 bits per heavy atom. The van der Waals surface area contributed by atoms with Crippen molar-refractivity contribution in [1.82, 2.24) is 4.98 Å².